The number of carbonyl (C=O) groups is 1. The molecule has 11 heteroatoms. The first-order valence-electron chi connectivity index (χ1n) is 12.2. The number of rotatable bonds is 7. The lowest BCUT2D eigenvalue weighted by Crippen LogP contribution is -2.54. The summed E-state index contributed by atoms with van der Waals surface area (Å²) in [6.45, 7) is 3.64. The molecule has 0 radical (unpaired) electrons. The highest BCUT2D eigenvalue weighted by Crippen LogP contribution is 2.39. The smallest absolute Gasteiger partial charge is 0.407 e. The van der Waals surface area contributed by atoms with Crippen LogP contribution >= 0.6 is 0 Å². The largest absolute Gasteiger partial charge is 0.453 e. The van der Waals surface area contributed by atoms with E-state index in [0.29, 0.717) is 23.6 Å². The molecule has 200 valence electrons. The molecule has 1 saturated carbocycles. The zero-order valence-electron chi connectivity index (χ0n) is 21.4. The Balaban J connectivity index is 1.46. The summed E-state index contributed by atoms with van der Waals surface area (Å²) in [7, 11) is 1.33. The highest BCUT2D eigenvalue weighted by Gasteiger charge is 2.36. The van der Waals surface area contributed by atoms with Crippen molar-refractivity contribution in [2.24, 2.45) is 11.7 Å². The summed E-state index contributed by atoms with van der Waals surface area (Å²) in [4.78, 5) is 23.4. The van der Waals surface area contributed by atoms with Gasteiger partial charge in [-0.2, -0.15) is 0 Å². The molecule has 0 bridgehead atoms. The number of anilines is 2. The fourth-order valence-electron chi connectivity index (χ4n) is 4.98. The highest BCUT2D eigenvalue weighted by molar-refractivity contribution is 6.09. The van der Waals surface area contributed by atoms with E-state index in [4.69, 9.17) is 15.9 Å². The van der Waals surface area contributed by atoms with Crippen molar-refractivity contribution in [3.8, 4) is 0 Å². The summed E-state index contributed by atoms with van der Waals surface area (Å²) in [6.07, 6.45) is 8.80. The number of amides is 1. The van der Waals surface area contributed by atoms with Gasteiger partial charge in [0.2, 0.25) is 5.95 Å². The second-order valence-corrected chi connectivity index (χ2v) is 9.60. The number of benzene rings is 1. The third-order valence-electron chi connectivity index (χ3n) is 6.79. The third-order valence-corrected chi connectivity index (χ3v) is 6.79. The molecule has 0 aliphatic heterocycles. The van der Waals surface area contributed by atoms with E-state index in [1.807, 2.05) is 6.07 Å². The minimum Gasteiger partial charge on any atom is -0.453 e. The predicted molar refractivity (Wildman–Crippen MR) is 142 cm³/mol. The molecule has 3 aromatic rings. The minimum absolute atomic E-state index is 0.128. The number of allylic oxidation sites excluding steroid dienone is 1. The Labute approximate surface area is 219 Å². The van der Waals surface area contributed by atoms with Crippen molar-refractivity contribution in [3.05, 3.63) is 76.9 Å². The van der Waals surface area contributed by atoms with E-state index in [9.17, 15) is 13.6 Å². The van der Waals surface area contributed by atoms with Gasteiger partial charge in [0, 0.05) is 18.3 Å². The van der Waals surface area contributed by atoms with Crippen molar-refractivity contribution < 1.29 is 18.3 Å². The first-order valence-corrected chi connectivity index (χ1v) is 12.2. The van der Waals surface area contributed by atoms with Gasteiger partial charge < -0.3 is 31.5 Å². The van der Waals surface area contributed by atoms with Crippen LogP contribution in [0.5, 0.6) is 0 Å². The number of aryl methyl sites for hydroxylation is 1. The van der Waals surface area contributed by atoms with E-state index in [-0.39, 0.29) is 35.2 Å². The molecule has 4 rings (SSSR count). The Hall–Kier alpha value is -4.12. The van der Waals surface area contributed by atoms with Gasteiger partial charge in [-0.3, -0.25) is 4.98 Å². The van der Waals surface area contributed by atoms with Crippen LogP contribution in [0.25, 0.3) is 6.08 Å². The second kappa shape index (κ2) is 11.5. The van der Waals surface area contributed by atoms with Crippen LogP contribution in [-0.4, -0.2) is 46.0 Å². The Bertz CT molecular complexity index is 1320. The lowest BCUT2D eigenvalue weighted by atomic mass is 9.73. The number of alkyl carbamates (subject to hydrolysis) is 1. The van der Waals surface area contributed by atoms with E-state index in [2.05, 4.69) is 32.5 Å². The van der Waals surface area contributed by atoms with Gasteiger partial charge in [0.05, 0.1) is 42.2 Å². The summed E-state index contributed by atoms with van der Waals surface area (Å²) in [5, 5.41) is 14.2. The number of carbonyl (C=O) groups excluding carboxylic acids is 1. The van der Waals surface area contributed by atoms with Crippen molar-refractivity contribution in [2.75, 3.05) is 12.4 Å². The summed E-state index contributed by atoms with van der Waals surface area (Å²) >= 11 is 0. The van der Waals surface area contributed by atoms with Crippen LogP contribution < -0.4 is 16.4 Å². The van der Waals surface area contributed by atoms with Crippen LogP contribution in [0.3, 0.4) is 0 Å². The molecule has 6 N–H and O–H groups in total. The first kappa shape index (κ1) is 26.9. The molecule has 1 aromatic carbocycles. The Morgan fingerprint density at radius 1 is 1.26 bits per heavy atom. The normalized spacial score (nSPS) is 21.3. The van der Waals surface area contributed by atoms with E-state index >= 15 is 0 Å². The highest BCUT2D eigenvalue weighted by atomic mass is 19.1. The monoisotopic (exact) mass is 523 g/mol. The number of nitrogens with zero attached hydrogens (tertiary/aromatic N) is 2. The van der Waals surface area contributed by atoms with E-state index in [1.165, 1.54) is 31.4 Å². The van der Waals surface area contributed by atoms with Crippen LogP contribution in [0.4, 0.5) is 25.2 Å². The number of aromatic amines is 1. The predicted octanol–water partition coefficient (Wildman–Crippen LogP) is 4.78. The number of methoxy groups -OCH3 is 1. The summed E-state index contributed by atoms with van der Waals surface area (Å²) < 4.78 is 33.1. The molecule has 2 aromatic heterocycles. The molecular formula is C27H31F2N7O2. The van der Waals surface area contributed by atoms with Gasteiger partial charge in [0.1, 0.15) is 11.6 Å². The maximum atomic E-state index is 14.2. The van der Waals surface area contributed by atoms with Gasteiger partial charge in [-0.1, -0.05) is 6.92 Å². The van der Waals surface area contributed by atoms with Gasteiger partial charge >= 0.3 is 6.09 Å². The number of nitrogens with one attached hydrogen (secondary N) is 4. The van der Waals surface area contributed by atoms with Crippen LogP contribution in [-0.2, 0) is 4.74 Å². The number of nitrogens with two attached hydrogens (primary N) is 1. The molecule has 1 amide bonds. The fourth-order valence-corrected chi connectivity index (χ4v) is 4.98. The van der Waals surface area contributed by atoms with Crippen LogP contribution in [0.2, 0.25) is 0 Å². The number of H-pyrrole nitrogens is 1. The lowest BCUT2D eigenvalue weighted by Gasteiger charge is -2.39. The number of halogens is 2. The number of imidazole rings is 1. The van der Waals surface area contributed by atoms with Crippen molar-refractivity contribution in [1.82, 2.24) is 20.3 Å². The molecule has 0 saturated heterocycles. The van der Waals surface area contributed by atoms with Crippen molar-refractivity contribution in [3.63, 3.8) is 0 Å². The van der Waals surface area contributed by atoms with Gasteiger partial charge in [-0.25, -0.2) is 18.6 Å². The van der Waals surface area contributed by atoms with Crippen molar-refractivity contribution in [2.45, 2.75) is 44.7 Å². The molecule has 0 unspecified atom stereocenters. The second-order valence-electron chi connectivity index (χ2n) is 9.60. The van der Waals surface area contributed by atoms with Gasteiger partial charge in [0.25, 0.3) is 0 Å². The summed E-state index contributed by atoms with van der Waals surface area (Å²) in [6, 6.07) is 3.90. The molecular weight excluding hydrogens is 492 g/mol. The molecule has 1 fully saturated rings. The molecule has 4 atom stereocenters. The van der Waals surface area contributed by atoms with Crippen LogP contribution in [0, 0.1) is 29.9 Å². The Morgan fingerprint density at radius 2 is 2.00 bits per heavy atom. The third kappa shape index (κ3) is 6.05. The summed E-state index contributed by atoms with van der Waals surface area (Å²) in [5.74, 6) is -0.857. The average molecular weight is 524 g/mol. The van der Waals surface area contributed by atoms with E-state index in [1.54, 1.807) is 25.5 Å². The molecule has 38 heavy (non-hydrogen) atoms. The first-order chi connectivity index (χ1) is 18.2. The maximum Gasteiger partial charge on any atom is 0.407 e. The standard InChI is InChI=1S/C27H31F2N7O2/c1-14-8-19(28)24(20(29)9-14)21(30)5-4-17-12-33-26(34-17)35-23-13-32-7-6-18(23)16-10-15(2)25(22(31)11-16)36-27(37)38-3/h4-9,12-13,15-16,22,25,30H,10-11,31H2,1-3H3,(H,36,37)(H2,33,34,35)/b5-4-,30-21?/t15-,16+,22+,25-/m0/s1. The maximum absolute atomic E-state index is 14.2. The molecule has 2 heterocycles. The molecule has 9 nitrogen and oxygen atoms in total. The fraction of sp³-hybridized carbons (Fsp3) is 0.333. The number of hydrogen-bond acceptors (Lipinski definition) is 7. The lowest BCUT2D eigenvalue weighted by molar-refractivity contribution is 0.149. The Kier molecular flexibility index (Phi) is 8.16. The van der Waals surface area contributed by atoms with Gasteiger partial charge in [0.15, 0.2) is 0 Å². The topological polar surface area (TPSA) is 142 Å². The molecule has 1 aliphatic carbocycles. The number of hydrogen-bond donors (Lipinski definition) is 5. The molecule has 0 spiro atoms. The van der Waals surface area contributed by atoms with E-state index < -0.39 is 17.7 Å². The van der Waals surface area contributed by atoms with Gasteiger partial charge in [-0.05, 0) is 73.1 Å². The SMILES string of the molecule is COC(=O)N[C@@H]1[C@H](N)C[C@H](c2ccncc2Nc2ncc(/C=C\C(=N)c3c(F)cc(C)cc3F)[nH]2)C[C@@H]1C. The molecule has 1 aliphatic rings. The number of pyridine rings is 1. The van der Waals surface area contributed by atoms with E-state index in [0.717, 1.165) is 17.7 Å². The van der Waals surface area contributed by atoms with Gasteiger partial charge in [-0.15, -0.1) is 0 Å². The quantitative estimate of drug-likeness (QED) is 0.282. The average Bonchev–Trinajstić information content (AvgIpc) is 3.31. The van der Waals surface area contributed by atoms with Crippen molar-refractivity contribution in [1.29, 1.82) is 5.41 Å². The minimum atomic E-state index is -0.780. The van der Waals surface area contributed by atoms with Crippen molar-refractivity contribution >= 4 is 29.5 Å². The summed E-state index contributed by atoms with van der Waals surface area (Å²) in [5.41, 5.74) is 8.54. The van der Waals surface area contributed by atoms with Crippen LogP contribution in [0.15, 0.2) is 42.9 Å². The zero-order valence-corrected chi connectivity index (χ0v) is 21.4. The number of ether oxygens (including phenoxy) is 1. The zero-order chi connectivity index (χ0) is 27.4. The van der Waals surface area contributed by atoms with Crippen LogP contribution in [0.1, 0.15) is 48.1 Å². The Morgan fingerprint density at radius 3 is 2.68 bits per heavy atom. The number of aromatic nitrogens is 3.